The number of aromatic nitrogens is 3. The van der Waals surface area contributed by atoms with Crippen molar-refractivity contribution in [2.75, 3.05) is 5.32 Å². The van der Waals surface area contributed by atoms with E-state index in [1.54, 1.807) is 35.7 Å². The molecule has 1 N–H and O–H groups in total. The lowest BCUT2D eigenvalue weighted by molar-refractivity contribution is 0.430. The van der Waals surface area contributed by atoms with Crippen molar-refractivity contribution in [3.8, 4) is 11.6 Å². The van der Waals surface area contributed by atoms with E-state index >= 15 is 0 Å². The fraction of sp³-hybridized carbons (Fsp3) is 0.167. The Hall–Kier alpha value is -2.80. The molecule has 0 radical (unpaired) electrons. The Morgan fingerprint density at radius 1 is 1.16 bits per heavy atom. The highest BCUT2D eigenvalue weighted by Gasteiger charge is 2.14. The van der Waals surface area contributed by atoms with E-state index in [1.807, 2.05) is 0 Å². The molecule has 0 aliphatic carbocycles. The van der Waals surface area contributed by atoms with Gasteiger partial charge >= 0.3 is 0 Å². The summed E-state index contributed by atoms with van der Waals surface area (Å²) in [6.45, 7) is 2.65. The summed E-state index contributed by atoms with van der Waals surface area (Å²) in [4.78, 5) is 11.3. The van der Waals surface area contributed by atoms with Crippen molar-refractivity contribution in [2.24, 2.45) is 0 Å². The number of fused-ring (bicyclic) bond motifs is 1. The Kier molecular flexibility index (Phi) is 4.15. The Bertz CT molecular complexity index is 996. The van der Waals surface area contributed by atoms with Crippen LogP contribution in [0, 0.1) is 5.82 Å². The summed E-state index contributed by atoms with van der Waals surface area (Å²) in [5, 5.41) is 8.04. The third-order valence-corrected chi connectivity index (χ3v) is 5.00. The molecule has 0 fully saturated rings. The quantitative estimate of drug-likeness (QED) is 0.565. The van der Waals surface area contributed by atoms with E-state index in [4.69, 9.17) is 4.52 Å². The van der Waals surface area contributed by atoms with Crippen LogP contribution in [-0.2, 0) is 13.0 Å². The highest BCUT2D eigenvalue weighted by Crippen LogP contribution is 2.31. The first kappa shape index (κ1) is 15.7. The summed E-state index contributed by atoms with van der Waals surface area (Å²) in [7, 11) is 0. The minimum absolute atomic E-state index is 0.244. The zero-order chi connectivity index (χ0) is 17.2. The smallest absolute Gasteiger partial charge is 0.204 e. The van der Waals surface area contributed by atoms with Crippen LogP contribution in [0.4, 0.5) is 10.2 Å². The van der Waals surface area contributed by atoms with Crippen molar-refractivity contribution in [3.63, 3.8) is 0 Å². The van der Waals surface area contributed by atoms with Crippen LogP contribution in [0.1, 0.15) is 17.4 Å². The van der Waals surface area contributed by atoms with Crippen LogP contribution in [0.3, 0.4) is 0 Å². The zero-order valence-corrected chi connectivity index (χ0v) is 14.3. The number of benzene rings is 1. The number of hydrogen-bond donors (Lipinski definition) is 1. The Balaban J connectivity index is 1.72. The first-order valence-electron chi connectivity index (χ1n) is 7.93. The molecule has 0 saturated carbocycles. The predicted octanol–water partition coefficient (Wildman–Crippen LogP) is 4.66. The molecule has 5 nitrogen and oxygen atoms in total. The van der Waals surface area contributed by atoms with Gasteiger partial charge in [0.2, 0.25) is 11.6 Å². The van der Waals surface area contributed by atoms with Crippen LogP contribution in [0.15, 0.2) is 47.1 Å². The van der Waals surface area contributed by atoms with Gasteiger partial charge in [-0.3, -0.25) is 0 Å². The lowest BCUT2D eigenvalue weighted by Gasteiger charge is -2.08. The number of anilines is 1. The molecule has 0 spiro atoms. The first-order chi connectivity index (χ1) is 12.2. The van der Waals surface area contributed by atoms with Crippen molar-refractivity contribution < 1.29 is 8.91 Å². The molecule has 4 rings (SSSR count). The summed E-state index contributed by atoms with van der Waals surface area (Å²) >= 11 is 1.64. The highest BCUT2D eigenvalue weighted by atomic mass is 32.1. The predicted molar refractivity (Wildman–Crippen MR) is 96.0 cm³/mol. The van der Waals surface area contributed by atoms with Crippen LogP contribution in [0.25, 0.3) is 21.8 Å². The minimum Gasteiger partial charge on any atom is -0.365 e. The average molecular weight is 354 g/mol. The van der Waals surface area contributed by atoms with Crippen molar-refractivity contribution in [3.05, 3.63) is 58.9 Å². The summed E-state index contributed by atoms with van der Waals surface area (Å²) in [5.41, 5.74) is 0.973. The van der Waals surface area contributed by atoms with Gasteiger partial charge < -0.3 is 9.84 Å². The second-order valence-corrected chi connectivity index (χ2v) is 6.65. The Morgan fingerprint density at radius 3 is 2.72 bits per heavy atom. The van der Waals surface area contributed by atoms with Gasteiger partial charge in [0.25, 0.3) is 0 Å². The SMILES string of the molecule is CCc1cc2c(NCc3ccc(F)cc3)nc(-c3ccno3)nc2s1. The van der Waals surface area contributed by atoms with E-state index in [-0.39, 0.29) is 5.82 Å². The number of halogens is 1. The molecule has 0 atom stereocenters. The fourth-order valence-electron chi connectivity index (χ4n) is 2.51. The summed E-state index contributed by atoms with van der Waals surface area (Å²) in [6, 6.07) is 10.3. The normalized spacial score (nSPS) is 11.1. The maximum Gasteiger partial charge on any atom is 0.204 e. The van der Waals surface area contributed by atoms with Gasteiger partial charge in [0, 0.05) is 17.5 Å². The maximum atomic E-state index is 13.1. The van der Waals surface area contributed by atoms with Gasteiger partial charge in [-0.15, -0.1) is 11.3 Å². The largest absolute Gasteiger partial charge is 0.365 e. The standard InChI is InChI=1S/C18H15FN4OS/c1-2-13-9-14-16(20-10-11-3-5-12(19)6-4-11)22-17(23-18(14)25-13)15-7-8-21-24-15/h3-9H,2,10H2,1H3,(H,20,22,23). The lowest BCUT2D eigenvalue weighted by atomic mass is 10.2. The lowest BCUT2D eigenvalue weighted by Crippen LogP contribution is -2.03. The van der Waals surface area contributed by atoms with Crippen molar-refractivity contribution in [2.45, 2.75) is 19.9 Å². The Labute approximate surface area is 147 Å². The van der Waals surface area contributed by atoms with Gasteiger partial charge in [-0.25, -0.2) is 14.4 Å². The second-order valence-electron chi connectivity index (χ2n) is 5.54. The fourth-order valence-corrected chi connectivity index (χ4v) is 3.48. The topological polar surface area (TPSA) is 63.8 Å². The molecule has 3 aromatic heterocycles. The maximum absolute atomic E-state index is 13.1. The van der Waals surface area contributed by atoms with Crippen molar-refractivity contribution in [1.29, 1.82) is 0 Å². The molecule has 1 aromatic carbocycles. The van der Waals surface area contributed by atoms with Gasteiger partial charge in [-0.1, -0.05) is 24.2 Å². The molecular formula is C18H15FN4OS. The summed E-state index contributed by atoms with van der Waals surface area (Å²) < 4.78 is 18.2. The molecule has 7 heteroatoms. The van der Waals surface area contributed by atoms with E-state index < -0.39 is 0 Å². The number of rotatable bonds is 5. The summed E-state index contributed by atoms with van der Waals surface area (Å²) in [5.74, 6) is 1.51. The summed E-state index contributed by atoms with van der Waals surface area (Å²) in [6.07, 6.45) is 2.51. The van der Waals surface area contributed by atoms with Gasteiger partial charge in [0.15, 0.2) is 0 Å². The van der Waals surface area contributed by atoms with Gasteiger partial charge in [0.1, 0.15) is 16.5 Å². The van der Waals surface area contributed by atoms with Crippen LogP contribution >= 0.6 is 11.3 Å². The number of aryl methyl sites for hydroxylation is 1. The van der Waals surface area contributed by atoms with E-state index in [9.17, 15) is 4.39 Å². The van der Waals surface area contributed by atoms with Crippen LogP contribution in [0.5, 0.6) is 0 Å². The van der Waals surface area contributed by atoms with Gasteiger partial charge in [0.05, 0.1) is 11.6 Å². The Morgan fingerprint density at radius 2 is 2.00 bits per heavy atom. The minimum atomic E-state index is -0.244. The average Bonchev–Trinajstić information content (AvgIpc) is 3.30. The molecule has 3 heterocycles. The van der Waals surface area contributed by atoms with E-state index in [2.05, 4.69) is 33.4 Å². The van der Waals surface area contributed by atoms with Gasteiger partial charge in [-0.2, -0.15) is 0 Å². The number of thiophene rings is 1. The molecular weight excluding hydrogens is 339 g/mol. The van der Waals surface area contributed by atoms with E-state index in [0.29, 0.717) is 18.1 Å². The number of nitrogens with one attached hydrogen (secondary N) is 1. The molecule has 4 aromatic rings. The molecule has 25 heavy (non-hydrogen) atoms. The number of hydrogen-bond acceptors (Lipinski definition) is 6. The van der Waals surface area contributed by atoms with Crippen molar-refractivity contribution in [1.82, 2.24) is 15.1 Å². The van der Waals surface area contributed by atoms with Crippen LogP contribution in [0.2, 0.25) is 0 Å². The molecule has 0 aliphatic heterocycles. The zero-order valence-electron chi connectivity index (χ0n) is 13.5. The van der Waals surface area contributed by atoms with Crippen LogP contribution < -0.4 is 5.32 Å². The second kappa shape index (κ2) is 6.60. The third-order valence-electron chi connectivity index (χ3n) is 3.82. The molecule has 0 amide bonds. The van der Waals surface area contributed by atoms with E-state index in [1.165, 1.54) is 17.0 Å². The first-order valence-corrected chi connectivity index (χ1v) is 8.74. The van der Waals surface area contributed by atoms with Crippen LogP contribution in [-0.4, -0.2) is 15.1 Å². The molecule has 0 unspecified atom stereocenters. The van der Waals surface area contributed by atoms with Gasteiger partial charge in [-0.05, 0) is 30.2 Å². The third kappa shape index (κ3) is 3.23. The molecule has 0 bridgehead atoms. The molecule has 126 valence electrons. The molecule has 0 aliphatic rings. The van der Waals surface area contributed by atoms with E-state index in [0.717, 1.165) is 28.0 Å². The molecule has 0 saturated heterocycles. The van der Waals surface area contributed by atoms with Crippen molar-refractivity contribution >= 4 is 27.4 Å². The number of nitrogens with zero attached hydrogens (tertiary/aromatic N) is 3. The highest BCUT2D eigenvalue weighted by molar-refractivity contribution is 7.18. The monoisotopic (exact) mass is 354 g/mol.